The molecule has 0 aromatic carbocycles. The third-order valence-corrected chi connectivity index (χ3v) is 1.78. The number of alkyl halides is 3. The van der Waals surface area contributed by atoms with E-state index in [1.807, 2.05) is 0 Å². The molecule has 0 aliphatic heterocycles. The number of hydrogen-bond acceptors (Lipinski definition) is 2. The molecular weight excluding hydrogens is 205 g/mol. The van der Waals surface area contributed by atoms with Crippen LogP contribution < -0.4 is 5.32 Å². The number of rotatable bonds is 3. The number of likely N-dealkylation sites (N-methyl/N-ethyl adjacent to an activating group) is 1. The minimum Gasteiger partial charge on any atom is -0.316 e. The van der Waals surface area contributed by atoms with Crippen LogP contribution >= 0.6 is 0 Å². The SMILES string of the molecule is CNCC=Cc1cnccc1C(F)(F)F. The summed E-state index contributed by atoms with van der Waals surface area (Å²) in [5.41, 5.74) is -0.579. The molecule has 0 aliphatic rings. The van der Waals surface area contributed by atoms with Crippen molar-refractivity contribution in [2.45, 2.75) is 6.18 Å². The van der Waals surface area contributed by atoms with Crippen LogP contribution in [0.25, 0.3) is 6.08 Å². The normalized spacial score (nSPS) is 12.3. The van der Waals surface area contributed by atoms with Gasteiger partial charge in [-0.25, -0.2) is 0 Å². The van der Waals surface area contributed by atoms with Gasteiger partial charge in [-0.2, -0.15) is 13.2 Å². The Morgan fingerprint density at radius 1 is 1.47 bits per heavy atom. The highest BCUT2D eigenvalue weighted by Crippen LogP contribution is 2.31. The molecule has 1 heterocycles. The van der Waals surface area contributed by atoms with E-state index in [1.165, 1.54) is 12.3 Å². The first-order valence-electron chi connectivity index (χ1n) is 4.38. The van der Waals surface area contributed by atoms with Crippen molar-refractivity contribution in [2.75, 3.05) is 13.6 Å². The zero-order valence-electron chi connectivity index (χ0n) is 8.17. The van der Waals surface area contributed by atoms with Gasteiger partial charge in [0, 0.05) is 24.5 Å². The maximum Gasteiger partial charge on any atom is 0.417 e. The third-order valence-electron chi connectivity index (χ3n) is 1.78. The Kier molecular flexibility index (Phi) is 3.85. The minimum atomic E-state index is -4.33. The van der Waals surface area contributed by atoms with E-state index in [0.29, 0.717) is 6.54 Å². The van der Waals surface area contributed by atoms with Crippen molar-refractivity contribution < 1.29 is 13.2 Å². The summed E-state index contributed by atoms with van der Waals surface area (Å²) < 4.78 is 37.4. The van der Waals surface area contributed by atoms with Crippen LogP contribution in [0.3, 0.4) is 0 Å². The van der Waals surface area contributed by atoms with E-state index in [2.05, 4.69) is 10.3 Å². The molecule has 82 valence electrons. The highest BCUT2D eigenvalue weighted by atomic mass is 19.4. The molecule has 1 rings (SSSR count). The predicted octanol–water partition coefficient (Wildman–Crippen LogP) is 2.33. The van der Waals surface area contributed by atoms with Crippen molar-refractivity contribution in [1.82, 2.24) is 10.3 Å². The Labute approximate surface area is 85.8 Å². The van der Waals surface area contributed by atoms with Gasteiger partial charge in [-0.3, -0.25) is 4.98 Å². The highest BCUT2D eigenvalue weighted by molar-refractivity contribution is 5.53. The summed E-state index contributed by atoms with van der Waals surface area (Å²) in [6.07, 6.45) is 1.04. The largest absolute Gasteiger partial charge is 0.417 e. The summed E-state index contributed by atoms with van der Waals surface area (Å²) in [5.74, 6) is 0. The molecule has 0 spiro atoms. The van der Waals surface area contributed by atoms with E-state index in [9.17, 15) is 13.2 Å². The zero-order chi connectivity index (χ0) is 11.3. The molecule has 0 unspecified atom stereocenters. The van der Waals surface area contributed by atoms with Crippen LogP contribution in [0.1, 0.15) is 11.1 Å². The summed E-state index contributed by atoms with van der Waals surface area (Å²) >= 11 is 0. The fraction of sp³-hybridized carbons (Fsp3) is 0.300. The molecule has 2 nitrogen and oxygen atoms in total. The topological polar surface area (TPSA) is 24.9 Å². The van der Waals surface area contributed by atoms with Crippen LogP contribution in [-0.2, 0) is 6.18 Å². The summed E-state index contributed by atoms with van der Waals surface area (Å²) in [6.45, 7) is 0.520. The number of halogens is 3. The molecule has 0 bridgehead atoms. The van der Waals surface area contributed by atoms with Crippen molar-refractivity contribution in [1.29, 1.82) is 0 Å². The van der Waals surface area contributed by atoms with Crippen LogP contribution in [0.5, 0.6) is 0 Å². The Morgan fingerprint density at radius 3 is 2.80 bits per heavy atom. The van der Waals surface area contributed by atoms with Crippen LogP contribution in [0.4, 0.5) is 13.2 Å². The Hall–Kier alpha value is -1.36. The van der Waals surface area contributed by atoms with Gasteiger partial charge in [-0.1, -0.05) is 12.2 Å². The Balaban J connectivity index is 2.97. The maximum absolute atomic E-state index is 12.5. The van der Waals surface area contributed by atoms with Gasteiger partial charge < -0.3 is 5.32 Å². The lowest BCUT2D eigenvalue weighted by Crippen LogP contribution is -2.08. The average molecular weight is 216 g/mol. The van der Waals surface area contributed by atoms with Crippen LogP contribution in [-0.4, -0.2) is 18.6 Å². The predicted molar refractivity (Wildman–Crippen MR) is 52.2 cm³/mol. The van der Waals surface area contributed by atoms with Gasteiger partial charge in [-0.05, 0) is 13.1 Å². The van der Waals surface area contributed by atoms with Crippen molar-refractivity contribution in [3.05, 3.63) is 35.7 Å². The first kappa shape index (κ1) is 11.7. The lowest BCUT2D eigenvalue weighted by Gasteiger charge is -2.08. The summed E-state index contributed by atoms with van der Waals surface area (Å²) in [7, 11) is 1.72. The maximum atomic E-state index is 12.5. The lowest BCUT2D eigenvalue weighted by molar-refractivity contribution is -0.137. The molecule has 0 saturated carbocycles. The van der Waals surface area contributed by atoms with Crippen LogP contribution in [0, 0.1) is 0 Å². The first-order chi connectivity index (χ1) is 7.05. The molecule has 0 fully saturated rings. The van der Waals surface area contributed by atoms with Crippen molar-refractivity contribution in [3.8, 4) is 0 Å². The number of nitrogens with zero attached hydrogens (tertiary/aromatic N) is 1. The van der Waals surface area contributed by atoms with E-state index in [1.54, 1.807) is 13.1 Å². The monoisotopic (exact) mass is 216 g/mol. The number of nitrogens with one attached hydrogen (secondary N) is 1. The van der Waals surface area contributed by atoms with Gasteiger partial charge >= 0.3 is 6.18 Å². The lowest BCUT2D eigenvalue weighted by atomic mass is 10.1. The molecule has 0 atom stereocenters. The van der Waals surface area contributed by atoms with Gasteiger partial charge in [0.2, 0.25) is 0 Å². The number of hydrogen-bond donors (Lipinski definition) is 1. The van der Waals surface area contributed by atoms with Gasteiger partial charge in [-0.15, -0.1) is 0 Å². The van der Waals surface area contributed by atoms with E-state index in [4.69, 9.17) is 0 Å². The van der Waals surface area contributed by atoms with Crippen molar-refractivity contribution >= 4 is 6.08 Å². The Morgan fingerprint density at radius 2 is 2.20 bits per heavy atom. The van der Waals surface area contributed by atoms with E-state index >= 15 is 0 Å². The van der Waals surface area contributed by atoms with Gasteiger partial charge in [0.1, 0.15) is 0 Å². The first-order valence-corrected chi connectivity index (χ1v) is 4.38. The zero-order valence-corrected chi connectivity index (χ0v) is 8.17. The van der Waals surface area contributed by atoms with Crippen molar-refractivity contribution in [2.24, 2.45) is 0 Å². The molecule has 0 aliphatic carbocycles. The molecule has 0 amide bonds. The van der Waals surface area contributed by atoms with Crippen molar-refractivity contribution in [3.63, 3.8) is 0 Å². The minimum absolute atomic E-state index is 0.0836. The standard InChI is InChI=1S/C10H11F3N2/c1-14-5-2-3-8-7-15-6-4-9(8)10(11,12)13/h2-4,6-7,14H,5H2,1H3. The molecule has 1 N–H and O–H groups in total. The van der Waals surface area contributed by atoms with Gasteiger partial charge in [0.25, 0.3) is 0 Å². The van der Waals surface area contributed by atoms with Crippen LogP contribution in [0.2, 0.25) is 0 Å². The smallest absolute Gasteiger partial charge is 0.316 e. The second kappa shape index (κ2) is 4.93. The fourth-order valence-electron chi connectivity index (χ4n) is 1.10. The molecule has 5 heteroatoms. The fourth-order valence-corrected chi connectivity index (χ4v) is 1.10. The van der Waals surface area contributed by atoms with Crippen LogP contribution in [0.15, 0.2) is 24.5 Å². The quantitative estimate of drug-likeness (QED) is 0.838. The molecule has 15 heavy (non-hydrogen) atoms. The van der Waals surface area contributed by atoms with E-state index < -0.39 is 11.7 Å². The second-order valence-electron chi connectivity index (χ2n) is 2.92. The molecule has 0 radical (unpaired) electrons. The molecule has 0 saturated heterocycles. The molecular formula is C10H11F3N2. The third kappa shape index (κ3) is 3.36. The van der Waals surface area contributed by atoms with E-state index in [-0.39, 0.29) is 5.56 Å². The summed E-state index contributed by atoms with van der Waals surface area (Å²) in [6, 6.07) is 0.971. The Bertz CT molecular complexity index is 345. The van der Waals surface area contributed by atoms with Gasteiger partial charge in [0.15, 0.2) is 0 Å². The summed E-state index contributed by atoms with van der Waals surface area (Å²) in [4.78, 5) is 3.67. The molecule has 1 aromatic heterocycles. The highest BCUT2D eigenvalue weighted by Gasteiger charge is 2.32. The summed E-state index contributed by atoms with van der Waals surface area (Å²) in [5, 5.41) is 2.81. The van der Waals surface area contributed by atoms with E-state index in [0.717, 1.165) is 12.3 Å². The molecule has 1 aromatic rings. The number of pyridine rings is 1. The van der Waals surface area contributed by atoms with Gasteiger partial charge in [0.05, 0.1) is 5.56 Å². The average Bonchev–Trinajstić information content (AvgIpc) is 2.17. The second-order valence-corrected chi connectivity index (χ2v) is 2.92. The number of aromatic nitrogens is 1.